The number of rotatable bonds is 5. The maximum Gasteiger partial charge on any atom is 0.340 e. The number of benzene rings is 2. The number of carbonyl (C=O) groups excluding carboxylic acids is 3. The Morgan fingerprint density at radius 3 is 2.47 bits per heavy atom. The largest absolute Gasteiger partial charge is 0.465 e. The summed E-state index contributed by atoms with van der Waals surface area (Å²) in [6.45, 7) is 2.98. The van der Waals surface area contributed by atoms with Gasteiger partial charge in [-0.15, -0.1) is 0 Å². The number of amides is 1. The summed E-state index contributed by atoms with van der Waals surface area (Å²) in [7, 11) is 1.19. The highest BCUT2D eigenvalue weighted by atomic mass is 16.6. The predicted octanol–water partition coefficient (Wildman–Crippen LogP) is 3.67. The topological polar surface area (TPSA) is 107 Å². The molecule has 0 unspecified atom stereocenters. The van der Waals surface area contributed by atoms with Gasteiger partial charge < -0.3 is 4.74 Å². The summed E-state index contributed by atoms with van der Waals surface area (Å²) in [5.74, 6) is -1.46. The van der Waals surface area contributed by atoms with Crippen molar-refractivity contribution in [2.45, 2.75) is 13.8 Å². The number of ketones is 1. The van der Waals surface area contributed by atoms with Crippen molar-refractivity contribution >= 4 is 35.1 Å². The molecule has 1 aliphatic rings. The maximum atomic E-state index is 13.3. The molecule has 1 heterocycles. The van der Waals surface area contributed by atoms with E-state index in [0.717, 1.165) is 0 Å². The second kappa shape index (κ2) is 8.12. The van der Waals surface area contributed by atoms with Crippen molar-refractivity contribution in [3.63, 3.8) is 0 Å². The van der Waals surface area contributed by atoms with Gasteiger partial charge in [-0.3, -0.25) is 24.6 Å². The average molecular weight is 406 g/mol. The maximum absolute atomic E-state index is 13.3. The fourth-order valence-electron chi connectivity index (χ4n) is 3.29. The Kier molecular flexibility index (Phi) is 5.59. The lowest BCUT2D eigenvalue weighted by Gasteiger charge is -2.18. The molecule has 0 radical (unpaired) electrons. The van der Waals surface area contributed by atoms with Gasteiger partial charge >= 0.3 is 5.97 Å². The van der Waals surface area contributed by atoms with E-state index in [1.54, 1.807) is 37.3 Å². The van der Waals surface area contributed by atoms with Crippen molar-refractivity contribution in [2.75, 3.05) is 12.0 Å². The molecular formula is C22H18N2O6. The van der Waals surface area contributed by atoms with Crippen LogP contribution in [0.25, 0.3) is 6.08 Å². The molecule has 1 aliphatic heterocycles. The van der Waals surface area contributed by atoms with E-state index in [9.17, 15) is 24.5 Å². The summed E-state index contributed by atoms with van der Waals surface area (Å²) >= 11 is 0. The number of ether oxygens (including phenoxy) is 1. The van der Waals surface area contributed by atoms with Crippen molar-refractivity contribution in [2.24, 2.45) is 0 Å². The van der Waals surface area contributed by atoms with Gasteiger partial charge in [0.25, 0.3) is 11.6 Å². The van der Waals surface area contributed by atoms with Gasteiger partial charge in [-0.2, -0.15) is 0 Å². The molecule has 8 heteroatoms. The van der Waals surface area contributed by atoms with Crippen molar-refractivity contribution in [1.82, 2.24) is 0 Å². The fourth-order valence-corrected chi connectivity index (χ4v) is 3.29. The van der Waals surface area contributed by atoms with Crippen LogP contribution in [-0.4, -0.2) is 29.7 Å². The molecule has 3 rings (SSSR count). The minimum atomic E-state index is -0.740. The number of allylic oxidation sites excluding steroid dienone is 1. The molecule has 0 spiro atoms. The lowest BCUT2D eigenvalue weighted by atomic mass is 10.0. The number of Topliss-reactive ketones (excluding diaryl/α,β-unsaturated/α-hetero) is 1. The van der Waals surface area contributed by atoms with Crippen molar-refractivity contribution in [3.05, 3.63) is 86.6 Å². The van der Waals surface area contributed by atoms with Gasteiger partial charge in [0.15, 0.2) is 5.78 Å². The zero-order chi connectivity index (χ0) is 22.0. The molecule has 0 aromatic heterocycles. The fraction of sp³-hybridized carbons (Fsp3) is 0.136. The van der Waals surface area contributed by atoms with Gasteiger partial charge in [0.1, 0.15) is 0 Å². The molecule has 152 valence electrons. The molecule has 30 heavy (non-hydrogen) atoms. The van der Waals surface area contributed by atoms with Crippen LogP contribution in [0.15, 0.2) is 65.4 Å². The molecule has 0 atom stereocenters. The third-order valence-corrected chi connectivity index (χ3v) is 4.73. The van der Waals surface area contributed by atoms with E-state index >= 15 is 0 Å². The van der Waals surface area contributed by atoms with Crippen LogP contribution in [0.5, 0.6) is 0 Å². The Hall–Kier alpha value is -4.07. The number of hydrogen-bond acceptors (Lipinski definition) is 6. The third-order valence-electron chi connectivity index (χ3n) is 4.73. The van der Waals surface area contributed by atoms with Crippen LogP contribution < -0.4 is 4.90 Å². The van der Waals surface area contributed by atoms with Crippen LogP contribution >= 0.6 is 0 Å². The lowest BCUT2D eigenvalue weighted by molar-refractivity contribution is -0.385. The molecule has 0 saturated heterocycles. The Balaban J connectivity index is 2.20. The number of nitro benzene ring substituents is 1. The second-order valence-electron chi connectivity index (χ2n) is 6.57. The van der Waals surface area contributed by atoms with E-state index in [-0.39, 0.29) is 28.2 Å². The van der Waals surface area contributed by atoms with Gasteiger partial charge in [-0.05, 0) is 38.1 Å². The number of methoxy groups -OCH3 is 1. The molecule has 0 saturated carbocycles. The molecule has 8 nitrogen and oxygen atoms in total. The highest BCUT2D eigenvalue weighted by Gasteiger charge is 2.38. The molecule has 0 aliphatic carbocycles. The summed E-state index contributed by atoms with van der Waals surface area (Å²) in [5, 5.41) is 11.3. The highest BCUT2D eigenvalue weighted by molar-refractivity contribution is 6.24. The van der Waals surface area contributed by atoms with E-state index < -0.39 is 16.8 Å². The van der Waals surface area contributed by atoms with Gasteiger partial charge in [-0.1, -0.05) is 24.3 Å². The predicted molar refractivity (Wildman–Crippen MR) is 110 cm³/mol. The summed E-state index contributed by atoms with van der Waals surface area (Å²) < 4.78 is 4.84. The highest BCUT2D eigenvalue weighted by Crippen LogP contribution is 2.36. The normalized spacial score (nSPS) is 15.0. The van der Waals surface area contributed by atoms with Gasteiger partial charge in [0.05, 0.1) is 28.7 Å². The summed E-state index contributed by atoms with van der Waals surface area (Å²) in [6.07, 6.45) is 1.31. The molecule has 0 fully saturated rings. The third kappa shape index (κ3) is 3.62. The van der Waals surface area contributed by atoms with E-state index in [1.165, 1.54) is 43.2 Å². The van der Waals surface area contributed by atoms with Crippen molar-refractivity contribution in [3.8, 4) is 0 Å². The molecule has 2 aromatic rings. The van der Waals surface area contributed by atoms with Crippen LogP contribution in [-0.2, 0) is 14.3 Å². The number of nitrogens with zero attached hydrogens (tertiary/aromatic N) is 2. The number of hydrogen-bond donors (Lipinski definition) is 0. The number of anilines is 1. The minimum Gasteiger partial charge on any atom is -0.465 e. The van der Waals surface area contributed by atoms with Crippen LogP contribution in [0.1, 0.15) is 29.8 Å². The zero-order valence-electron chi connectivity index (χ0n) is 16.5. The van der Waals surface area contributed by atoms with E-state index in [0.29, 0.717) is 16.9 Å². The van der Waals surface area contributed by atoms with E-state index in [2.05, 4.69) is 0 Å². The Bertz CT molecular complexity index is 1150. The zero-order valence-corrected chi connectivity index (χ0v) is 16.5. The lowest BCUT2D eigenvalue weighted by Crippen LogP contribution is -2.24. The second-order valence-corrected chi connectivity index (χ2v) is 6.57. The number of esters is 1. The molecule has 0 bridgehead atoms. The number of para-hydroxylation sites is 1. The number of nitro groups is 1. The first-order chi connectivity index (χ1) is 14.3. The van der Waals surface area contributed by atoms with Gasteiger partial charge in [0.2, 0.25) is 0 Å². The van der Waals surface area contributed by atoms with Crippen LogP contribution in [0.2, 0.25) is 0 Å². The van der Waals surface area contributed by atoms with Gasteiger partial charge in [-0.25, -0.2) is 4.79 Å². The van der Waals surface area contributed by atoms with Crippen LogP contribution in [0, 0.1) is 10.1 Å². The quantitative estimate of drug-likeness (QED) is 0.247. The Morgan fingerprint density at radius 2 is 1.83 bits per heavy atom. The average Bonchev–Trinajstić information content (AvgIpc) is 2.97. The molecule has 1 amide bonds. The summed E-state index contributed by atoms with van der Waals surface area (Å²) in [6, 6.07) is 12.4. The molecular weight excluding hydrogens is 388 g/mol. The monoisotopic (exact) mass is 406 g/mol. The smallest absolute Gasteiger partial charge is 0.340 e. The van der Waals surface area contributed by atoms with Gasteiger partial charge in [0, 0.05) is 23.0 Å². The van der Waals surface area contributed by atoms with E-state index in [1.807, 2.05) is 0 Å². The van der Waals surface area contributed by atoms with Crippen molar-refractivity contribution in [1.29, 1.82) is 0 Å². The molecule has 0 N–H and O–H groups in total. The molecule has 2 aromatic carbocycles. The van der Waals surface area contributed by atoms with Crippen LogP contribution in [0.3, 0.4) is 0 Å². The summed E-state index contributed by atoms with van der Waals surface area (Å²) in [4.78, 5) is 49.5. The first kappa shape index (κ1) is 20.7. The Labute approximate surface area is 172 Å². The number of carbonyl (C=O) groups is 3. The first-order valence-electron chi connectivity index (χ1n) is 8.96. The standard InChI is InChI=1S/C22H18N2O6/c1-13-20(22(27)30-3)18(12-16-7-4-5-10-19(16)24(28)29)21(26)23(13)17-9-6-8-15(11-17)14(2)25/h4-12H,1-3H3/b18-12-. The van der Waals surface area contributed by atoms with Crippen LogP contribution in [0.4, 0.5) is 11.4 Å². The SMILES string of the molecule is COC(=O)C1=C(C)N(c2cccc(C(C)=O)c2)C(=O)/C1=C\c1ccccc1[N+](=O)[O-]. The first-order valence-corrected chi connectivity index (χ1v) is 8.96. The Morgan fingerprint density at radius 1 is 1.13 bits per heavy atom. The van der Waals surface area contributed by atoms with E-state index in [4.69, 9.17) is 4.74 Å². The van der Waals surface area contributed by atoms with Crippen molar-refractivity contribution < 1.29 is 24.0 Å². The summed E-state index contributed by atoms with van der Waals surface area (Å²) in [5.41, 5.74) is 1.07. The minimum absolute atomic E-state index is 0.00822.